The molecule has 0 radical (unpaired) electrons. The molecule has 0 aliphatic carbocycles. The van der Waals surface area contributed by atoms with Crippen LogP contribution in [-0.4, -0.2) is 46.1 Å². The van der Waals surface area contributed by atoms with Gasteiger partial charge < -0.3 is 24.8 Å². The van der Waals surface area contributed by atoms with Gasteiger partial charge in [-0.15, -0.1) is 10.2 Å². The number of benzene rings is 1. The van der Waals surface area contributed by atoms with Crippen LogP contribution in [0.25, 0.3) is 0 Å². The molecule has 1 fully saturated rings. The summed E-state index contributed by atoms with van der Waals surface area (Å²) in [6, 6.07) is 4.19. The van der Waals surface area contributed by atoms with Gasteiger partial charge in [-0.1, -0.05) is 0 Å². The Hall–Kier alpha value is -2.68. The number of aryl methyl sites for hydroxylation is 1. The number of carbonyl (C=O) groups is 1. The number of nitrogens with one attached hydrogen (secondary N) is 2. The smallest absolute Gasteiger partial charge is 0.319 e. The van der Waals surface area contributed by atoms with Crippen LogP contribution >= 0.6 is 0 Å². The van der Waals surface area contributed by atoms with E-state index in [0.29, 0.717) is 24.5 Å². The standard InChI is InChI=1S/C20H27FN6O2/c1-12-10-26(11-13(2)29-12)18-7-6-15(9-16(18)21)22-20(28)23-17-5-4-8-27-14(3)24-25-19(17)27/h6-7,9,12-13,17H,4-5,8,10-11H2,1-3H3,(H2,22,23,28)/t12-,13+,17-/m1/s1. The van der Waals surface area contributed by atoms with E-state index < -0.39 is 0 Å². The highest BCUT2D eigenvalue weighted by Gasteiger charge is 2.26. The largest absolute Gasteiger partial charge is 0.372 e. The fourth-order valence-corrected chi connectivity index (χ4v) is 4.19. The molecule has 0 unspecified atom stereocenters. The molecule has 1 saturated heterocycles. The zero-order chi connectivity index (χ0) is 20.5. The normalized spacial score (nSPS) is 24.1. The second kappa shape index (κ2) is 7.98. The Kier molecular flexibility index (Phi) is 5.40. The third-order valence-electron chi connectivity index (χ3n) is 5.42. The first-order chi connectivity index (χ1) is 13.9. The van der Waals surface area contributed by atoms with Gasteiger partial charge in [0, 0.05) is 25.3 Å². The van der Waals surface area contributed by atoms with E-state index in [0.717, 1.165) is 31.0 Å². The molecule has 1 aromatic carbocycles. The molecule has 2 aromatic rings. The van der Waals surface area contributed by atoms with E-state index in [2.05, 4.69) is 20.8 Å². The number of rotatable bonds is 3. The Labute approximate surface area is 169 Å². The molecule has 9 heteroatoms. The minimum atomic E-state index is -0.384. The number of ether oxygens (including phenoxy) is 1. The van der Waals surface area contributed by atoms with Crippen molar-refractivity contribution in [2.45, 2.75) is 58.4 Å². The third-order valence-corrected chi connectivity index (χ3v) is 5.42. The van der Waals surface area contributed by atoms with Crippen LogP contribution in [-0.2, 0) is 11.3 Å². The van der Waals surface area contributed by atoms with Crippen LogP contribution in [0.3, 0.4) is 0 Å². The zero-order valence-corrected chi connectivity index (χ0v) is 17.0. The Bertz CT molecular complexity index is 891. The molecule has 0 spiro atoms. The summed E-state index contributed by atoms with van der Waals surface area (Å²) in [6.07, 6.45) is 1.83. The summed E-state index contributed by atoms with van der Waals surface area (Å²) in [5, 5.41) is 13.9. The second-order valence-corrected chi connectivity index (χ2v) is 7.88. The Balaban J connectivity index is 1.41. The van der Waals surface area contributed by atoms with Gasteiger partial charge in [0.05, 0.1) is 23.9 Å². The molecule has 2 aliphatic rings. The molecule has 0 saturated carbocycles. The predicted molar refractivity (Wildman–Crippen MR) is 108 cm³/mol. The van der Waals surface area contributed by atoms with Gasteiger partial charge in [-0.25, -0.2) is 9.18 Å². The fraction of sp³-hybridized carbons (Fsp3) is 0.550. The SMILES string of the molecule is Cc1nnc2n1CCC[C@H]2NC(=O)Nc1ccc(N2C[C@@H](C)O[C@@H](C)C2)c(F)c1. The van der Waals surface area contributed by atoms with Crippen LogP contribution in [0.2, 0.25) is 0 Å². The van der Waals surface area contributed by atoms with Crippen LogP contribution in [0.15, 0.2) is 18.2 Å². The first-order valence-electron chi connectivity index (χ1n) is 10.1. The van der Waals surface area contributed by atoms with Crippen molar-refractivity contribution in [3.8, 4) is 0 Å². The van der Waals surface area contributed by atoms with Gasteiger partial charge in [0.25, 0.3) is 0 Å². The summed E-state index contributed by atoms with van der Waals surface area (Å²) >= 11 is 0. The second-order valence-electron chi connectivity index (χ2n) is 7.88. The van der Waals surface area contributed by atoms with Crippen LogP contribution in [0.1, 0.15) is 44.4 Å². The number of hydrogen-bond acceptors (Lipinski definition) is 5. The van der Waals surface area contributed by atoms with E-state index >= 15 is 0 Å². The fourth-order valence-electron chi connectivity index (χ4n) is 4.19. The average molecular weight is 402 g/mol. The van der Waals surface area contributed by atoms with Crippen LogP contribution in [0, 0.1) is 12.7 Å². The summed E-state index contributed by atoms with van der Waals surface area (Å²) in [5.41, 5.74) is 0.931. The van der Waals surface area contributed by atoms with Gasteiger partial charge >= 0.3 is 6.03 Å². The van der Waals surface area contributed by atoms with Crippen molar-refractivity contribution in [2.24, 2.45) is 0 Å². The van der Waals surface area contributed by atoms with E-state index in [-0.39, 0.29) is 30.1 Å². The molecule has 156 valence electrons. The number of halogens is 1. The minimum Gasteiger partial charge on any atom is -0.372 e. The minimum absolute atomic E-state index is 0.0444. The molecule has 2 N–H and O–H groups in total. The number of amides is 2. The topological polar surface area (TPSA) is 84.3 Å². The first-order valence-corrected chi connectivity index (χ1v) is 10.1. The predicted octanol–water partition coefficient (Wildman–Crippen LogP) is 3.00. The van der Waals surface area contributed by atoms with Crippen LogP contribution < -0.4 is 15.5 Å². The van der Waals surface area contributed by atoms with E-state index in [9.17, 15) is 9.18 Å². The van der Waals surface area contributed by atoms with Crippen LogP contribution in [0.4, 0.5) is 20.6 Å². The monoisotopic (exact) mass is 402 g/mol. The van der Waals surface area contributed by atoms with E-state index in [1.54, 1.807) is 12.1 Å². The summed E-state index contributed by atoms with van der Waals surface area (Å²) in [7, 11) is 0. The maximum absolute atomic E-state index is 14.7. The molecule has 3 heterocycles. The van der Waals surface area contributed by atoms with E-state index in [1.165, 1.54) is 6.07 Å². The van der Waals surface area contributed by atoms with Gasteiger partial charge in [0.15, 0.2) is 5.82 Å². The Morgan fingerprint density at radius 2 is 2.00 bits per heavy atom. The molecule has 1 aromatic heterocycles. The molecule has 8 nitrogen and oxygen atoms in total. The lowest BCUT2D eigenvalue weighted by atomic mass is 10.1. The summed E-state index contributed by atoms with van der Waals surface area (Å²) in [5.74, 6) is 1.24. The van der Waals surface area contributed by atoms with Crippen molar-refractivity contribution >= 4 is 17.4 Å². The highest BCUT2D eigenvalue weighted by Crippen LogP contribution is 2.27. The highest BCUT2D eigenvalue weighted by atomic mass is 19.1. The van der Waals surface area contributed by atoms with Crippen molar-refractivity contribution in [2.75, 3.05) is 23.3 Å². The molecular formula is C20H27FN6O2. The highest BCUT2D eigenvalue weighted by molar-refractivity contribution is 5.89. The quantitative estimate of drug-likeness (QED) is 0.825. The summed E-state index contributed by atoms with van der Waals surface area (Å²) < 4.78 is 22.5. The number of morpholine rings is 1. The number of carbonyl (C=O) groups excluding carboxylic acids is 1. The van der Waals surface area contributed by atoms with Crippen molar-refractivity contribution in [1.29, 1.82) is 0 Å². The summed E-state index contributed by atoms with van der Waals surface area (Å²) in [6.45, 7) is 7.99. The van der Waals surface area contributed by atoms with Crippen molar-refractivity contribution in [1.82, 2.24) is 20.1 Å². The first kappa shape index (κ1) is 19.6. The van der Waals surface area contributed by atoms with Gasteiger partial charge in [0.2, 0.25) is 0 Å². The Morgan fingerprint density at radius 3 is 2.72 bits per heavy atom. The number of fused-ring (bicyclic) bond motifs is 1. The lowest BCUT2D eigenvalue weighted by molar-refractivity contribution is -0.00539. The maximum atomic E-state index is 14.7. The van der Waals surface area contributed by atoms with Gasteiger partial charge in [-0.2, -0.15) is 0 Å². The van der Waals surface area contributed by atoms with Crippen molar-refractivity contribution < 1.29 is 13.9 Å². The lowest BCUT2D eigenvalue weighted by Gasteiger charge is -2.37. The molecule has 4 rings (SSSR count). The van der Waals surface area contributed by atoms with Crippen molar-refractivity contribution in [3.05, 3.63) is 35.7 Å². The molecule has 2 amide bonds. The number of hydrogen-bond donors (Lipinski definition) is 2. The van der Waals surface area contributed by atoms with E-state index in [4.69, 9.17) is 4.74 Å². The lowest BCUT2D eigenvalue weighted by Crippen LogP contribution is -2.45. The van der Waals surface area contributed by atoms with Crippen molar-refractivity contribution in [3.63, 3.8) is 0 Å². The number of nitrogens with zero attached hydrogens (tertiary/aromatic N) is 4. The van der Waals surface area contributed by atoms with Gasteiger partial charge in [0.1, 0.15) is 11.6 Å². The molecular weight excluding hydrogens is 375 g/mol. The number of aromatic nitrogens is 3. The third kappa shape index (κ3) is 4.19. The van der Waals surface area contributed by atoms with Gasteiger partial charge in [-0.3, -0.25) is 0 Å². The molecule has 3 atom stereocenters. The number of anilines is 2. The van der Waals surface area contributed by atoms with Crippen LogP contribution in [0.5, 0.6) is 0 Å². The number of urea groups is 1. The summed E-state index contributed by atoms with van der Waals surface area (Å²) in [4.78, 5) is 14.4. The maximum Gasteiger partial charge on any atom is 0.319 e. The van der Waals surface area contributed by atoms with Gasteiger partial charge in [-0.05, 0) is 51.8 Å². The molecule has 29 heavy (non-hydrogen) atoms. The molecule has 0 bridgehead atoms. The van der Waals surface area contributed by atoms with E-state index in [1.807, 2.05) is 30.2 Å². The zero-order valence-electron chi connectivity index (χ0n) is 17.0. The average Bonchev–Trinajstić information content (AvgIpc) is 3.03. The Morgan fingerprint density at radius 1 is 1.24 bits per heavy atom. The molecule has 2 aliphatic heterocycles.